The molecule has 2 rings (SSSR count). The van der Waals surface area contributed by atoms with Gasteiger partial charge >= 0.3 is 0 Å². The molecule has 4 nitrogen and oxygen atoms in total. The van der Waals surface area contributed by atoms with E-state index in [-0.39, 0.29) is 18.4 Å². The Balaban J connectivity index is 1.82. The molecule has 1 saturated heterocycles. The van der Waals surface area contributed by atoms with E-state index >= 15 is 0 Å². The molecule has 1 fully saturated rings. The number of aliphatic hydroxyl groups excluding tert-OH is 1. The summed E-state index contributed by atoms with van der Waals surface area (Å²) >= 11 is 5.89. The highest BCUT2D eigenvalue weighted by Crippen LogP contribution is 2.23. The molecule has 1 aliphatic heterocycles. The summed E-state index contributed by atoms with van der Waals surface area (Å²) < 4.78 is 0. The molecule has 0 saturated carbocycles. The lowest BCUT2D eigenvalue weighted by Crippen LogP contribution is -2.47. The number of benzene rings is 1. The van der Waals surface area contributed by atoms with Crippen molar-refractivity contribution in [2.45, 2.75) is 25.7 Å². The third-order valence-corrected chi connectivity index (χ3v) is 4.88. The largest absolute Gasteiger partial charge is 0.396 e. The van der Waals surface area contributed by atoms with Crippen molar-refractivity contribution in [3.05, 3.63) is 34.9 Å². The van der Waals surface area contributed by atoms with Crippen LogP contribution in [-0.2, 0) is 11.2 Å². The summed E-state index contributed by atoms with van der Waals surface area (Å²) in [5.74, 6) is 0.876. The van der Waals surface area contributed by atoms with Gasteiger partial charge in [0.05, 0.1) is 0 Å². The summed E-state index contributed by atoms with van der Waals surface area (Å²) in [4.78, 5) is 16.7. The second-order valence-electron chi connectivity index (χ2n) is 7.19. The maximum Gasteiger partial charge on any atom is 0.222 e. The van der Waals surface area contributed by atoms with Crippen molar-refractivity contribution in [2.75, 3.05) is 40.3 Å². The minimum Gasteiger partial charge on any atom is -0.396 e. The quantitative estimate of drug-likeness (QED) is 0.820. The fraction of sp³-hybridized carbons (Fsp3) is 0.632. The third-order valence-electron chi connectivity index (χ3n) is 4.63. The number of carbonyl (C=O) groups is 1. The standard InChI is InChI=1S/C19H29ClN2O2/c1-21(2)11-16-10-17(14-23)13-22(12-16)19(24)5-3-4-15-6-8-18(20)9-7-15/h6-9,16-17,23H,3-5,10-14H2,1-2H3/t16-,17+/m1/s1. The maximum absolute atomic E-state index is 12.5. The predicted molar refractivity (Wildman–Crippen MR) is 98.2 cm³/mol. The second kappa shape index (κ2) is 9.40. The first-order valence-corrected chi connectivity index (χ1v) is 9.13. The number of hydrogen-bond acceptors (Lipinski definition) is 3. The topological polar surface area (TPSA) is 43.8 Å². The van der Waals surface area contributed by atoms with Crippen LogP contribution in [0.4, 0.5) is 0 Å². The van der Waals surface area contributed by atoms with Crippen molar-refractivity contribution in [1.29, 1.82) is 0 Å². The van der Waals surface area contributed by atoms with Gasteiger partial charge in [0, 0.05) is 37.7 Å². The lowest BCUT2D eigenvalue weighted by atomic mass is 9.89. The van der Waals surface area contributed by atoms with Crippen LogP contribution < -0.4 is 0 Å². The molecule has 24 heavy (non-hydrogen) atoms. The zero-order valence-electron chi connectivity index (χ0n) is 14.7. The first-order valence-electron chi connectivity index (χ1n) is 8.75. The molecular formula is C19H29ClN2O2. The monoisotopic (exact) mass is 352 g/mol. The van der Waals surface area contributed by atoms with E-state index in [1.165, 1.54) is 5.56 Å². The van der Waals surface area contributed by atoms with Crippen LogP contribution in [0, 0.1) is 11.8 Å². The van der Waals surface area contributed by atoms with Gasteiger partial charge in [0.2, 0.25) is 5.91 Å². The molecule has 1 heterocycles. The van der Waals surface area contributed by atoms with E-state index in [0.29, 0.717) is 18.9 Å². The third kappa shape index (κ3) is 6.08. The summed E-state index contributed by atoms with van der Waals surface area (Å²) in [5.41, 5.74) is 1.21. The van der Waals surface area contributed by atoms with Gasteiger partial charge in [0.25, 0.3) is 0 Å². The Hall–Kier alpha value is -1.10. The molecule has 0 unspecified atom stereocenters. The van der Waals surface area contributed by atoms with Crippen LogP contribution in [-0.4, -0.2) is 61.2 Å². The summed E-state index contributed by atoms with van der Waals surface area (Å²) in [6.45, 7) is 2.64. The number of aliphatic hydroxyl groups is 1. The van der Waals surface area contributed by atoms with E-state index in [1.54, 1.807) is 0 Å². The molecule has 0 aliphatic carbocycles. The molecule has 0 bridgehead atoms. The van der Waals surface area contributed by atoms with E-state index in [9.17, 15) is 9.90 Å². The number of hydrogen-bond donors (Lipinski definition) is 1. The molecule has 134 valence electrons. The zero-order chi connectivity index (χ0) is 17.5. The van der Waals surface area contributed by atoms with Crippen molar-refractivity contribution >= 4 is 17.5 Å². The second-order valence-corrected chi connectivity index (χ2v) is 7.63. The van der Waals surface area contributed by atoms with Gasteiger partial charge in [-0.1, -0.05) is 23.7 Å². The van der Waals surface area contributed by atoms with Gasteiger partial charge < -0.3 is 14.9 Å². The normalized spacial score (nSPS) is 21.3. The SMILES string of the molecule is CN(C)C[C@H]1C[C@H](CO)CN(C(=O)CCCc2ccc(Cl)cc2)C1. The Morgan fingerprint density at radius 2 is 1.92 bits per heavy atom. The summed E-state index contributed by atoms with van der Waals surface area (Å²) in [5, 5.41) is 10.3. The molecule has 1 amide bonds. The Kier molecular flexibility index (Phi) is 7.53. The lowest BCUT2D eigenvalue weighted by molar-refractivity contribution is -0.134. The average Bonchev–Trinajstić information content (AvgIpc) is 2.55. The molecule has 0 spiro atoms. The summed E-state index contributed by atoms with van der Waals surface area (Å²) in [6.07, 6.45) is 3.30. The van der Waals surface area contributed by atoms with Crippen LogP contribution in [0.15, 0.2) is 24.3 Å². The van der Waals surface area contributed by atoms with Crippen molar-refractivity contribution in [3.63, 3.8) is 0 Å². The van der Waals surface area contributed by atoms with Gasteiger partial charge in [-0.15, -0.1) is 0 Å². The van der Waals surface area contributed by atoms with E-state index in [1.807, 2.05) is 29.2 Å². The number of halogens is 1. The molecule has 1 aromatic rings. The van der Waals surface area contributed by atoms with Gasteiger partial charge in [-0.25, -0.2) is 0 Å². The minimum atomic E-state index is 0.165. The number of piperidine rings is 1. The lowest BCUT2D eigenvalue weighted by Gasteiger charge is -2.38. The minimum absolute atomic E-state index is 0.165. The van der Waals surface area contributed by atoms with Crippen LogP contribution in [0.25, 0.3) is 0 Å². The van der Waals surface area contributed by atoms with Gasteiger partial charge in [-0.2, -0.15) is 0 Å². The molecule has 5 heteroatoms. The van der Waals surface area contributed by atoms with Crippen LogP contribution in [0.1, 0.15) is 24.8 Å². The van der Waals surface area contributed by atoms with Crippen molar-refractivity contribution in [1.82, 2.24) is 9.80 Å². The molecule has 2 atom stereocenters. The number of nitrogens with zero attached hydrogens (tertiary/aromatic N) is 2. The fourth-order valence-electron chi connectivity index (χ4n) is 3.56. The van der Waals surface area contributed by atoms with Crippen LogP contribution in [0.2, 0.25) is 5.02 Å². The Labute approximate surface area is 150 Å². The van der Waals surface area contributed by atoms with Gasteiger partial charge in [0.1, 0.15) is 0 Å². The highest BCUT2D eigenvalue weighted by atomic mass is 35.5. The number of aryl methyl sites for hydroxylation is 1. The number of rotatable bonds is 7. The first-order chi connectivity index (χ1) is 11.5. The van der Waals surface area contributed by atoms with Gasteiger partial charge in [0.15, 0.2) is 0 Å². The summed E-state index contributed by atoms with van der Waals surface area (Å²) in [7, 11) is 4.11. The van der Waals surface area contributed by atoms with Crippen LogP contribution in [0.5, 0.6) is 0 Å². The van der Waals surface area contributed by atoms with E-state index in [4.69, 9.17) is 11.6 Å². The maximum atomic E-state index is 12.5. The van der Waals surface area contributed by atoms with E-state index < -0.39 is 0 Å². The van der Waals surface area contributed by atoms with Crippen LogP contribution in [0.3, 0.4) is 0 Å². The Bertz CT molecular complexity index is 519. The summed E-state index contributed by atoms with van der Waals surface area (Å²) in [6, 6.07) is 7.81. The highest BCUT2D eigenvalue weighted by Gasteiger charge is 2.29. The molecule has 0 radical (unpaired) electrons. The Morgan fingerprint density at radius 1 is 1.25 bits per heavy atom. The molecule has 0 aromatic heterocycles. The first kappa shape index (κ1) is 19.2. The zero-order valence-corrected chi connectivity index (χ0v) is 15.5. The van der Waals surface area contributed by atoms with Crippen molar-refractivity contribution in [3.8, 4) is 0 Å². The van der Waals surface area contributed by atoms with Gasteiger partial charge in [-0.3, -0.25) is 4.79 Å². The smallest absolute Gasteiger partial charge is 0.222 e. The molecule has 1 N–H and O–H groups in total. The number of amides is 1. The Morgan fingerprint density at radius 3 is 2.54 bits per heavy atom. The molecule has 1 aromatic carbocycles. The average molecular weight is 353 g/mol. The predicted octanol–water partition coefficient (Wildman–Crippen LogP) is 2.68. The van der Waals surface area contributed by atoms with Crippen molar-refractivity contribution in [2.24, 2.45) is 11.8 Å². The van der Waals surface area contributed by atoms with E-state index in [0.717, 1.165) is 37.4 Å². The highest BCUT2D eigenvalue weighted by molar-refractivity contribution is 6.30. The van der Waals surface area contributed by atoms with Gasteiger partial charge in [-0.05, 0) is 62.9 Å². The van der Waals surface area contributed by atoms with Crippen LogP contribution >= 0.6 is 11.6 Å². The van der Waals surface area contributed by atoms with E-state index in [2.05, 4.69) is 19.0 Å². The van der Waals surface area contributed by atoms with Crippen molar-refractivity contribution < 1.29 is 9.90 Å². The molecule has 1 aliphatic rings. The number of likely N-dealkylation sites (tertiary alicyclic amines) is 1. The number of carbonyl (C=O) groups excluding carboxylic acids is 1. The fourth-order valence-corrected chi connectivity index (χ4v) is 3.68. The molecular weight excluding hydrogens is 324 g/mol.